The van der Waals surface area contributed by atoms with Gasteiger partial charge in [-0.1, -0.05) is 0 Å². The fraction of sp³-hybridized carbons (Fsp3) is 0.154. The summed E-state index contributed by atoms with van der Waals surface area (Å²) in [7, 11) is 1.26. The van der Waals surface area contributed by atoms with Crippen LogP contribution in [0.3, 0.4) is 0 Å². The number of nitrogens with one attached hydrogen (secondary N) is 1. The highest BCUT2D eigenvalue weighted by Gasteiger charge is 2.10. The predicted octanol–water partition coefficient (Wildman–Crippen LogP) is 3.22. The second-order valence-electron chi connectivity index (χ2n) is 3.99. The lowest BCUT2D eigenvalue weighted by Gasteiger charge is -2.10. The number of anilines is 2. The molecule has 0 saturated carbocycles. The fourth-order valence-electron chi connectivity index (χ4n) is 1.55. The van der Waals surface area contributed by atoms with Crippen molar-refractivity contribution in [1.82, 2.24) is 9.97 Å². The van der Waals surface area contributed by atoms with Gasteiger partial charge in [-0.2, -0.15) is 0 Å². The number of hydrogen-bond acceptors (Lipinski definition) is 5. The highest BCUT2D eigenvalue weighted by Crippen LogP contribution is 2.25. The first-order valence-electron chi connectivity index (χ1n) is 5.64. The van der Waals surface area contributed by atoms with Crippen LogP contribution < -0.4 is 5.32 Å². The zero-order valence-corrected chi connectivity index (χ0v) is 12.4. The number of ether oxygens (including phenoxy) is 1. The van der Waals surface area contributed by atoms with Gasteiger partial charge in [0.05, 0.1) is 24.0 Å². The molecule has 5 nitrogen and oxygen atoms in total. The minimum atomic E-state index is -0.583. The molecule has 2 aromatic rings. The molecule has 0 saturated heterocycles. The van der Waals surface area contributed by atoms with E-state index in [1.165, 1.54) is 25.6 Å². The van der Waals surface area contributed by atoms with E-state index in [1.807, 2.05) is 6.92 Å². The molecule has 0 atom stereocenters. The van der Waals surface area contributed by atoms with E-state index in [9.17, 15) is 9.18 Å². The fourth-order valence-corrected chi connectivity index (χ4v) is 2.01. The number of nitrogens with zero attached hydrogens (tertiary/aromatic N) is 2. The van der Waals surface area contributed by atoms with Gasteiger partial charge in [-0.05, 0) is 40.5 Å². The summed E-state index contributed by atoms with van der Waals surface area (Å²) in [5.41, 5.74) is 1.44. The van der Waals surface area contributed by atoms with Crippen LogP contribution in [0.2, 0.25) is 0 Å². The number of hydrogen-bond donors (Lipinski definition) is 1. The monoisotopic (exact) mass is 339 g/mol. The lowest BCUT2D eigenvalue weighted by molar-refractivity contribution is 0.0593. The molecule has 2 rings (SSSR count). The first kappa shape index (κ1) is 14.4. The molecule has 0 aliphatic rings. The van der Waals surface area contributed by atoms with E-state index < -0.39 is 11.8 Å². The van der Waals surface area contributed by atoms with Crippen molar-refractivity contribution < 1.29 is 13.9 Å². The number of benzene rings is 1. The lowest BCUT2D eigenvalue weighted by Crippen LogP contribution is -2.07. The number of halogens is 2. The molecule has 0 radical (unpaired) electrons. The number of aromatic nitrogens is 2. The Kier molecular flexibility index (Phi) is 4.29. The van der Waals surface area contributed by atoms with Gasteiger partial charge in [0.25, 0.3) is 0 Å². The normalized spacial score (nSPS) is 10.2. The molecule has 104 valence electrons. The van der Waals surface area contributed by atoms with Crippen molar-refractivity contribution in [3.05, 3.63) is 46.1 Å². The minimum Gasteiger partial charge on any atom is -0.464 e. The number of carbonyl (C=O) groups excluding carboxylic acids is 1. The number of carbonyl (C=O) groups is 1. The summed E-state index contributed by atoms with van der Waals surface area (Å²) in [6, 6.07) is 2.99. The molecular weight excluding hydrogens is 329 g/mol. The van der Waals surface area contributed by atoms with Crippen LogP contribution >= 0.6 is 15.9 Å². The number of aryl methyl sites for hydroxylation is 1. The Hall–Kier alpha value is -2.02. The average Bonchev–Trinajstić information content (AvgIpc) is 2.44. The van der Waals surface area contributed by atoms with Gasteiger partial charge < -0.3 is 10.1 Å². The van der Waals surface area contributed by atoms with E-state index in [0.29, 0.717) is 16.0 Å². The van der Waals surface area contributed by atoms with Crippen molar-refractivity contribution >= 4 is 33.4 Å². The molecule has 0 fully saturated rings. The van der Waals surface area contributed by atoms with E-state index in [1.54, 1.807) is 6.07 Å². The Morgan fingerprint density at radius 1 is 1.40 bits per heavy atom. The Morgan fingerprint density at radius 3 is 2.85 bits per heavy atom. The first-order chi connectivity index (χ1) is 9.51. The van der Waals surface area contributed by atoms with Gasteiger partial charge in [0, 0.05) is 5.69 Å². The van der Waals surface area contributed by atoms with Crippen LogP contribution in [0.4, 0.5) is 15.9 Å². The summed E-state index contributed by atoms with van der Waals surface area (Å²) < 4.78 is 18.5. The van der Waals surface area contributed by atoms with E-state index in [4.69, 9.17) is 0 Å². The molecule has 0 aliphatic heterocycles. The Morgan fingerprint density at radius 2 is 2.15 bits per heavy atom. The SMILES string of the molecule is COC(=O)c1cncc(Nc2cc(F)c(Br)cc2C)n1. The van der Waals surface area contributed by atoms with Gasteiger partial charge in [0.1, 0.15) is 11.6 Å². The molecule has 0 bridgehead atoms. The van der Waals surface area contributed by atoms with E-state index in [0.717, 1.165) is 5.56 Å². The highest BCUT2D eigenvalue weighted by molar-refractivity contribution is 9.10. The van der Waals surface area contributed by atoms with Gasteiger partial charge in [0.2, 0.25) is 0 Å². The summed E-state index contributed by atoms with van der Waals surface area (Å²) in [5, 5.41) is 2.92. The van der Waals surface area contributed by atoms with Crippen molar-refractivity contribution in [2.75, 3.05) is 12.4 Å². The smallest absolute Gasteiger partial charge is 0.358 e. The maximum atomic E-state index is 13.5. The van der Waals surface area contributed by atoms with Crippen LogP contribution in [-0.4, -0.2) is 23.0 Å². The van der Waals surface area contributed by atoms with Crippen LogP contribution in [0.5, 0.6) is 0 Å². The molecule has 1 N–H and O–H groups in total. The van der Waals surface area contributed by atoms with Crippen molar-refractivity contribution in [2.45, 2.75) is 6.92 Å². The summed E-state index contributed by atoms with van der Waals surface area (Å²) >= 11 is 3.11. The van der Waals surface area contributed by atoms with Crippen molar-refractivity contribution in [1.29, 1.82) is 0 Å². The van der Waals surface area contributed by atoms with Crippen LogP contribution in [0, 0.1) is 12.7 Å². The molecule has 0 spiro atoms. The highest BCUT2D eigenvalue weighted by atomic mass is 79.9. The molecule has 1 heterocycles. The molecule has 0 amide bonds. The second-order valence-corrected chi connectivity index (χ2v) is 4.84. The Bertz CT molecular complexity index is 664. The summed E-state index contributed by atoms with van der Waals surface area (Å²) in [4.78, 5) is 19.3. The molecule has 20 heavy (non-hydrogen) atoms. The molecule has 0 unspecified atom stereocenters. The van der Waals surface area contributed by atoms with E-state index in [2.05, 4.69) is 36.0 Å². The largest absolute Gasteiger partial charge is 0.464 e. The molecule has 1 aromatic carbocycles. The molecule has 0 aliphatic carbocycles. The summed E-state index contributed by atoms with van der Waals surface area (Å²) in [6.45, 7) is 1.82. The van der Waals surface area contributed by atoms with Gasteiger partial charge in [-0.15, -0.1) is 0 Å². The van der Waals surface area contributed by atoms with E-state index in [-0.39, 0.29) is 5.69 Å². The van der Waals surface area contributed by atoms with E-state index >= 15 is 0 Å². The topological polar surface area (TPSA) is 64.1 Å². The summed E-state index contributed by atoms with van der Waals surface area (Å²) in [5.74, 6) is -0.646. The second kappa shape index (κ2) is 5.96. The van der Waals surface area contributed by atoms with Gasteiger partial charge in [0.15, 0.2) is 5.69 Å². The van der Waals surface area contributed by atoms with Gasteiger partial charge in [-0.25, -0.2) is 14.2 Å². The first-order valence-corrected chi connectivity index (χ1v) is 6.43. The quantitative estimate of drug-likeness (QED) is 0.870. The lowest BCUT2D eigenvalue weighted by atomic mass is 10.2. The number of methoxy groups -OCH3 is 1. The van der Waals surface area contributed by atoms with Gasteiger partial charge in [-0.3, -0.25) is 4.98 Å². The average molecular weight is 340 g/mol. The third-order valence-corrected chi connectivity index (χ3v) is 3.17. The number of esters is 1. The molecule has 7 heteroatoms. The minimum absolute atomic E-state index is 0.0766. The van der Waals surface area contributed by atoms with Crippen LogP contribution in [0.15, 0.2) is 29.0 Å². The Labute approximate surface area is 123 Å². The van der Waals surface area contributed by atoms with Crippen molar-refractivity contribution in [3.63, 3.8) is 0 Å². The number of rotatable bonds is 3. The van der Waals surface area contributed by atoms with Gasteiger partial charge >= 0.3 is 5.97 Å². The zero-order valence-electron chi connectivity index (χ0n) is 10.8. The third-order valence-electron chi connectivity index (χ3n) is 2.56. The Balaban J connectivity index is 2.31. The standard InChI is InChI=1S/C13H11BrFN3O2/c1-7-3-8(14)9(15)4-10(7)17-12-6-16-5-11(18-12)13(19)20-2/h3-6H,1-2H3,(H,17,18). The third kappa shape index (κ3) is 3.11. The molecule has 1 aromatic heterocycles. The van der Waals surface area contributed by atoms with Crippen molar-refractivity contribution in [3.8, 4) is 0 Å². The van der Waals surface area contributed by atoms with Crippen LogP contribution in [-0.2, 0) is 4.74 Å². The van der Waals surface area contributed by atoms with Crippen LogP contribution in [0.1, 0.15) is 16.1 Å². The maximum Gasteiger partial charge on any atom is 0.358 e. The molecular formula is C13H11BrFN3O2. The summed E-state index contributed by atoms with van der Waals surface area (Å²) in [6.07, 6.45) is 2.73. The van der Waals surface area contributed by atoms with Crippen LogP contribution in [0.25, 0.3) is 0 Å². The zero-order chi connectivity index (χ0) is 14.7. The predicted molar refractivity (Wildman–Crippen MR) is 75.5 cm³/mol. The maximum absolute atomic E-state index is 13.5. The van der Waals surface area contributed by atoms with Crippen molar-refractivity contribution in [2.24, 2.45) is 0 Å².